The Morgan fingerprint density at radius 2 is 1.70 bits per heavy atom. The Kier molecular flexibility index (Phi) is 11.7. The monoisotopic (exact) mass is 739 g/mol. The number of piperazine rings is 1. The molecule has 278 valence electrons. The maximum absolute atomic E-state index is 13.0. The molecule has 13 nitrogen and oxygen atoms in total. The number of para-hydroxylation sites is 1. The van der Waals surface area contributed by atoms with Gasteiger partial charge in [0.25, 0.3) is 5.91 Å². The Morgan fingerprint density at radius 3 is 2.40 bits per heavy atom. The fourth-order valence-electron chi connectivity index (χ4n) is 7.86. The van der Waals surface area contributed by atoms with E-state index in [-0.39, 0.29) is 29.9 Å². The highest BCUT2D eigenvalue weighted by atomic mass is 35.5. The van der Waals surface area contributed by atoms with Crippen molar-refractivity contribution in [1.29, 1.82) is 5.26 Å². The maximum Gasteiger partial charge on any atom is 0.272 e. The first-order chi connectivity index (χ1) is 25.8. The molecule has 7 rings (SSSR count). The first-order valence-corrected chi connectivity index (χ1v) is 19.1. The number of carbonyl (C=O) groups excluding carboxylic acids is 3. The number of rotatable bonds is 10. The van der Waals surface area contributed by atoms with Gasteiger partial charge in [-0.05, 0) is 80.8 Å². The van der Waals surface area contributed by atoms with E-state index in [0.717, 1.165) is 101 Å². The van der Waals surface area contributed by atoms with Gasteiger partial charge in [0.05, 0.1) is 16.7 Å². The van der Waals surface area contributed by atoms with Gasteiger partial charge in [-0.1, -0.05) is 29.8 Å². The molecule has 2 aromatic carbocycles. The summed E-state index contributed by atoms with van der Waals surface area (Å²) in [4.78, 5) is 44.2. The van der Waals surface area contributed by atoms with Crippen LogP contribution in [0.3, 0.4) is 0 Å². The predicted octanol–water partition coefficient (Wildman–Crippen LogP) is 4.13. The highest BCUT2D eigenvalue weighted by Gasteiger charge is 2.30. The molecular weight excluding hydrogens is 694 g/mol. The van der Waals surface area contributed by atoms with Gasteiger partial charge in [0.1, 0.15) is 17.9 Å². The molecule has 3 aromatic rings. The average molecular weight is 740 g/mol. The number of carbonyl (C=O) groups is 3. The van der Waals surface area contributed by atoms with Crippen molar-refractivity contribution >= 4 is 40.8 Å². The van der Waals surface area contributed by atoms with Crippen LogP contribution in [0.25, 0.3) is 0 Å². The van der Waals surface area contributed by atoms with Crippen LogP contribution in [0, 0.1) is 11.3 Å². The van der Waals surface area contributed by atoms with Crippen LogP contribution in [0.15, 0.2) is 54.6 Å². The van der Waals surface area contributed by atoms with Crippen LogP contribution >= 0.6 is 11.6 Å². The van der Waals surface area contributed by atoms with Crippen molar-refractivity contribution in [2.45, 2.75) is 82.1 Å². The van der Waals surface area contributed by atoms with E-state index in [4.69, 9.17) is 21.6 Å². The van der Waals surface area contributed by atoms with Crippen LogP contribution in [0.2, 0.25) is 5.02 Å². The summed E-state index contributed by atoms with van der Waals surface area (Å²) >= 11 is 6.15. The Morgan fingerprint density at radius 1 is 0.925 bits per heavy atom. The number of nitrogens with one attached hydrogen (secondary N) is 3. The van der Waals surface area contributed by atoms with Crippen molar-refractivity contribution in [2.75, 3.05) is 49.5 Å². The third-order valence-electron chi connectivity index (χ3n) is 10.9. The van der Waals surface area contributed by atoms with Gasteiger partial charge >= 0.3 is 0 Å². The Balaban J connectivity index is 0.816. The van der Waals surface area contributed by atoms with Crippen LogP contribution in [0.5, 0.6) is 5.75 Å². The number of benzene rings is 2. The molecule has 3 amide bonds. The molecule has 3 aliphatic heterocycles. The molecule has 1 aromatic heterocycles. The molecular formula is C39H46ClN9O4. The molecule has 1 unspecified atom stereocenters. The van der Waals surface area contributed by atoms with Crippen LogP contribution in [0.1, 0.15) is 73.0 Å². The lowest BCUT2D eigenvalue weighted by Gasteiger charge is -2.43. The van der Waals surface area contributed by atoms with Crippen LogP contribution in [-0.2, 0) is 16.1 Å². The summed E-state index contributed by atoms with van der Waals surface area (Å²) in [6, 6.07) is 19.1. The molecule has 0 bridgehead atoms. The first kappa shape index (κ1) is 36.6. The molecule has 4 fully saturated rings. The van der Waals surface area contributed by atoms with Crippen LogP contribution in [-0.4, -0.2) is 101 Å². The SMILES string of the molecule is N#Cc1ccc(OC2CCC(NC(=O)c3ccc(N4CCC(N5CCN(Cc6ccccc6NC6CCC(=O)NC6=O)CC5)CC4)nn3)CC2)cc1Cl. The third kappa shape index (κ3) is 9.25. The molecule has 0 spiro atoms. The van der Waals surface area contributed by atoms with Crippen molar-refractivity contribution in [3.8, 4) is 11.8 Å². The van der Waals surface area contributed by atoms with E-state index in [2.05, 4.69) is 53.0 Å². The minimum atomic E-state index is -0.396. The van der Waals surface area contributed by atoms with E-state index < -0.39 is 6.04 Å². The average Bonchev–Trinajstić information content (AvgIpc) is 3.18. The topological polar surface area (TPSA) is 156 Å². The standard InChI is InChI=1S/C39H46ClN9O4/c40-32-23-31(8-5-26(32)24-41)53-30-9-6-28(7-10-30)42-39(52)35-11-13-36(46-45-35)49-17-15-29(16-18-49)48-21-19-47(20-22-48)25-27-3-1-2-4-33(27)43-34-12-14-37(50)44-38(34)51/h1-5,8,11,13,23,28-30,34,43H,6-7,9-10,12,14-22,25H2,(H,42,52)(H,44,50,51). The molecule has 4 aliphatic rings. The lowest BCUT2D eigenvalue weighted by Crippen LogP contribution is -2.53. The number of amides is 3. The fourth-order valence-corrected chi connectivity index (χ4v) is 8.07. The predicted molar refractivity (Wildman–Crippen MR) is 201 cm³/mol. The molecule has 14 heteroatoms. The summed E-state index contributed by atoms with van der Waals surface area (Å²) in [5.41, 5.74) is 2.85. The first-order valence-electron chi connectivity index (χ1n) is 18.7. The smallest absolute Gasteiger partial charge is 0.272 e. The highest BCUT2D eigenvalue weighted by molar-refractivity contribution is 6.31. The van der Waals surface area contributed by atoms with Crippen molar-refractivity contribution in [2.24, 2.45) is 0 Å². The van der Waals surface area contributed by atoms with Gasteiger partial charge < -0.3 is 20.3 Å². The van der Waals surface area contributed by atoms with Crippen molar-refractivity contribution < 1.29 is 19.1 Å². The number of hydrogen-bond donors (Lipinski definition) is 3. The van der Waals surface area contributed by atoms with E-state index in [1.807, 2.05) is 24.3 Å². The van der Waals surface area contributed by atoms with Gasteiger partial charge in [0.2, 0.25) is 11.8 Å². The Hall–Kier alpha value is -4.77. The number of nitriles is 1. The number of anilines is 2. The highest BCUT2D eigenvalue weighted by Crippen LogP contribution is 2.28. The zero-order valence-electron chi connectivity index (χ0n) is 29.8. The van der Waals surface area contributed by atoms with Crippen molar-refractivity contribution in [3.05, 3.63) is 76.4 Å². The van der Waals surface area contributed by atoms with Gasteiger partial charge in [-0.2, -0.15) is 5.26 Å². The van der Waals surface area contributed by atoms with E-state index in [1.54, 1.807) is 24.3 Å². The summed E-state index contributed by atoms with van der Waals surface area (Å²) in [5.74, 6) is 0.779. The van der Waals surface area contributed by atoms with Crippen molar-refractivity contribution in [3.63, 3.8) is 0 Å². The van der Waals surface area contributed by atoms with Gasteiger partial charge in [-0.25, -0.2) is 0 Å². The molecule has 3 N–H and O–H groups in total. The second-order valence-electron chi connectivity index (χ2n) is 14.4. The lowest BCUT2D eigenvalue weighted by atomic mass is 9.93. The maximum atomic E-state index is 13.0. The summed E-state index contributed by atoms with van der Waals surface area (Å²) < 4.78 is 6.08. The van der Waals surface area contributed by atoms with Gasteiger partial charge in [-0.15, -0.1) is 10.2 Å². The second kappa shape index (κ2) is 16.9. The third-order valence-corrected chi connectivity index (χ3v) is 11.3. The minimum absolute atomic E-state index is 0.0332. The molecule has 1 aliphatic carbocycles. The molecule has 0 radical (unpaired) electrons. The quantitative estimate of drug-likeness (QED) is 0.257. The van der Waals surface area contributed by atoms with Crippen molar-refractivity contribution in [1.82, 2.24) is 30.6 Å². The van der Waals surface area contributed by atoms with Crippen LogP contribution in [0.4, 0.5) is 11.5 Å². The largest absolute Gasteiger partial charge is 0.490 e. The fraction of sp³-hybridized carbons (Fsp3) is 0.487. The van der Waals surface area contributed by atoms with Gasteiger partial charge in [0.15, 0.2) is 11.5 Å². The molecule has 3 saturated heterocycles. The van der Waals surface area contributed by atoms with Gasteiger partial charge in [-0.3, -0.25) is 29.5 Å². The molecule has 1 saturated carbocycles. The number of imide groups is 1. The normalized spacial score (nSPS) is 23.2. The Labute approximate surface area is 315 Å². The Bertz CT molecular complexity index is 1810. The summed E-state index contributed by atoms with van der Waals surface area (Å²) in [6.45, 7) is 6.57. The number of nitrogens with zero attached hydrogens (tertiary/aromatic N) is 6. The second-order valence-corrected chi connectivity index (χ2v) is 14.8. The summed E-state index contributed by atoms with van der Waals surface area (Å²) in [5, 5.41) is 27.1. The van der Waals surface area contributed by atoms with E-state index in [9.17, 15) is 14.4 Å². The number of hydrogen-bond acceptors (Lipinski definition) is 11. The summed E-state index contributed by atoms with van der Waals surface area (Å²) in [7, 11) is 0. The minimum Gasteiger partial charge on any atom is -0.490 e. The van der Waals surface area contributed by atoms with Gasteiger partial charge in [0, 0.05) is 76.1 Å². The zero-order valence-corrected chi connectivity index (χ0v) is 30.6. The molecule has 53 heavy (non-hydrogen) atoms. The zero-order chi connectivity index (χ0) is 36.7. The van der Waals surface area contributed by atoms with E-state index >= 15 is 0 Å². The molecule has 1 atom stereocenters. The lowest BCUT2D eigenvalue weighted by molar-refractivity contribution is -0.133. The number of aromatic nitrogens is 2. The molecule has 4 heterocycles. The van der Waals surface area contributed by atoms with Crippen LogP contribution < -0.4 is 25.6 Å². The number of ether oxygens (including phenoxy) is 1. The number of piperidine rings is 2. The number of halogens is 1. The summed E-state index contributed by atoms with van der Waals surface area (Å²) in [6.07, 6.45) is 6.20. The van der Waals surface area contributed by atoms with E-state index in [0.29, 0.717) is 40.9 Å². The van der Waals surface area contributed by atoms with E-state index in [1.165, 1.54) is 0 Å².